The van der Waals surface area contributed by atoms with Crippen molar-refractivity contribution >= 4 is 11.9 Å². The van der Waals surface area contributed by atoms with Crippen molar-refractivity contribution in [1.82, 2.24) is 0 Å². The van der Waals surface area contributed by atoms with Crippen LogP contribution in [0, 0.1) is 0 Å². The van der Waals surface area contributed by atoms with Gasteiger partial charge in [-0.25, -0.2) is 0 Å². The Morgan fingerprint density at radius 2 is 2.08 bits per heavy atom. The monoisotopic (exact) mass is 189 g/mol. The number of esters is 2. The highest BCUT2D eigenvalue weighted by Crippen LogP contribution is 1.98. The normalized spacial score (nSPS) is 11.9. The number of carbonyl (C=O) groups is 2. The van der Waals surface area contributed by atoms with E-state index >= 15 is 0 Å². The molecule has 13 heavy (non-hydrogen) atoms. The second kappa shape index (κ2) is 6.42. The van der Waals surface area contributed by atoms with Gasteiger partial charge in [0, 0.05) is 6.42 Å². The van der Waals surface area contributed by atoms with E-state index in [-0.39, 0.29) is 18.8 Å². The molecule has 0 aliphatic rings. The molecular formula is C8H15NO4. The Labute approximate surface area is 77.2 Å². The predicted molar refractivity (Wildman–Crippen MR) is 45.9 cm³/mol. The first kappa shape index (κ1) is 11.9. The van der Waals surface area contributed by atoms with E-state index in [1.165, 1.54) is 7.11 Å². The molecule has 5 heteroatoms. The van der Waals surface area contributed by atoms with Gasteiger partial charge in [0.05, 0.1) is 13.7 Å². The van der Waals surface area contributed by atoms with Crippen LogP contribution in [0.4, 0.5) is 0 Å². The zero-order chi connectivity index (χ0) is 10.3. The average molecular weight is 189 g/mol. The maximum Gasteiger partial charge on any atom is 0.322 e. The first-order valence-corrected chi connectivity index (χ1v) is 4.10. The van der Waals surface area contributed by atoms with E-state index in [9.17, 15) is 9.59 Å². The Bertz CT molecular complexity index is 181. The molecule has 2 N–H and O–H groups in total. The maximum atomic E-state index is 10.8. The van der Waals surface area contributed by atoms with E-state index in [1.807, 2.05) is 0 Å². The number of carbonyl (C=O) groups excluding carboxylic acids is 2. The molecule has 0 spiro atoms. The third-order valence-corrected chi connectivity index (χ3v) is 1.47. The highest BCUT2D eigenvalue weighted by molar-refractivity contribution is 5.76. The number of nitrogens with two attached hydrogens (primary N) is 1. The quantitative estimate of drug-likeness (QED) is 0.607. The summed E-state index contributed by atoms with van der Waals surface area (Å²) in [6.45, 7) is 2.06. The van der Waals surface area contributed by atoms with Crippen LogP contribution in [0.1, 0.15) is 19.8 Å². The van der Waals surface area contributed by atoms with Gasteiger partial charge in [-0.05, 0) is 13.3 Å². The summed E-state index contributed by atoms with van der Waals surface area (Å²) in [5.41, 5.74) is 5.39. The second-order valence-electron chi connectivity index (χ2n) is 2.47. The van der Waals surface area contributed by atoms with Crippen LogP contribution in [0.3, 0.4) is 0 Å². The smallest absolute Gasteiger partial charge is 0.322 e. The van der Waals surface area contributed by atoms with Crippen molar-refractivity contribution in [2.45, 2.75) is 25.8 Å². The second-order valence-corrected chi connectivity index (χ2v) is 2.47. The Morgan fingerprint density at radius 1 is 1.46 bits per heavy atom. The minimum Gasteiger partial charge on any atom is -0.468 e. The SMILES string of the molecule is CCOC(=O)CC[C@@H](N)C(=O)OC. The number of methoxy groups -OCH3 is 1. The highest BCUT2D eigenvalue weighted by Gasteiger charge is 2.15. The van der Waals surface area contributed by atoms with Crippen molar-refractivity contribution in [3.05, 3.63) is 0 Å². The van der Waals surface area contributed by atoms with Crippen LogP contribution >= 0.6 is 0 Å². The summed E-state index contributed by atoms with van der Waals surface area (Å²) in [4.78, 5) is 21.6. The van der Waals surface area contributed by atoms with Crippen molar-refractivity contribution in [3.63, 3.8) is 0 Å². The molecule has 0 aliphatic heterocycles. The molecule has 0 saturated heterocycles. The minimum atomic E-state index is -0.741. The highest BCUT2D eigenvalue weighted by atomic mass is 16.5. The van der Waals surface area contributed by atoms with E-state index in [4.69, 9.17) is 5.73 Å². The lowest BCUT2D eigenvalue weighted by Crippen LogP contribution is -2.32. The van der Waals surface area contributed by atoms with Gasteiger partial charge in [-0.3, -0.25) is 9.59 Å². The van der Waals surface area contributed by atoms with E-state index < -0.39 is 12.0 Å². The average Bonchev–Trinajstić information content (AvgIpc) is 2.13. The van der Waals surface area contributed by atoms with Crippen LogP contribution in [-0.4, -0.2) is 31.7 Å². The summed E-state index contributed by atoms with van der Waals surface area (Å²) in [5.74, 6) is -0.855. The van der Waals surface area contributed by atoms with Crippen molar-refractivity contribution < 1.29 is 19.1 Å². The Morgan fingerprint density at radius 3 is 2.54 bits per heavy atom. The summed E-state index contributed by atoms with van der Waals surface area (Å²) < 4.78 is 9.05. The molecule has 0 aliphatic carbocycles. The topological polar surface area (TPSA) is 78.6 Å². The summed E-state index contributed by atoms with van der Waals surface area (Å²) >= 11 is 0. The summed E-state index contributed by atoms with van der Waals surface area (Å²) in [6, 6.07) is -0.741. The van der Waals surface area contributed by atoms with Crippen LogP contribution in [0.15, 0.2) is 0 Å². The zero-order valence-electron chi connectivity index (χ0n) is 7.91. The van der Waals surface area contributed by atoms with Crippen LogP contribution in [0.5, 0.6) is 0 Å². The van der Waals surface area contributed by atoms with E-state index in [0.29, 0.717) is 6.61 Å². The molecule has 0 fully saturated rings. The van der Waals surface area contributed by atoms with Crippen LogP contribution in [-0.2, 0) is 19.1 Å². The van der Waals surface area contributed by atoms with Gasteiger partial charge >= 0.3 is 11.9 Å². The number of rotatable bonds is 5. The van der Waals surface area contributed by atoms with Gasteiger partial charge in [0.15, 0.2) is 0 Å². The van der Waals surface area contributed by atoms with Gasteiger partial charge in [0.1, 0.15) is 6.04 Å². The van der Waals surface area contributed by atoms with Gasteiger partial charge in [0.2, 0.25) is 0 Å². The molecule has 0 rings (SSSR count). The van der Waals surface area contributed by atoms with Crippen molar-refractivity contribution in [2.24, 2.45) is 5.73 Å². The first-order valence-electron chi connectivity index (χ1n) is 4.10. The van der Waals surface area contributed by atoms with Gasteiger partial charge in [-0.2, -0.15) is 0 Å². The van der Waals surface area contributed by atoms with Gasteiger partial charge in [-0.1, -0.05) is 0 Å². The molecule has 5 nitrogen and oxygen atoms in total. The summed E-state index contributed by atoms with van der Waals surface area (Å²) in [7, 11) is 1.26. The molecule has 1 atom stereocenters. The molecular weight excluding hydrogens is 174 g/mol. The number of hydrogen-bond acceptors (Lipinski definition) is 5. The molecule has 0 aromatic heterocycles. The largest absolute Gasteiger partial charge is 0.468 e. The Balaban J connectivity index is 3.63. The number of ether oxygens (including phenoxy) is 2. The first-order chi connectivity index (χ1) is 6.11. The lowest BCUT2D eigenvalue weighted by atomic mass is 10.2. The van der Waals surface area contributed by atoms with Gasteiger partial charge in [-0.15, -0.1) is 0 Å². The third-order valence-electron chi connectivity index (χ3n) is 1.47. The molecule has 0 heterocycles. The fourth-order valence-electron chi connectivity index (χ4n) is 0.776. The fourth-order valence-corrected chi connectivity index (χ4v) is 0.776. The van der Waals surface area contributed by atoms with Crippen LogP contribution in [0.2, 0.25) is 0 Å². The molecule has 0 amide bonds. The van der Waals surface area contributed by atoms with Crippen molar-refractivity contribution in [2.75, 3.05) is 13.7 Å². The molecule has 0 aromatic carbocycles. The molecule has 76 valence electrons. The lowest BCUT2D eigenvalue weighted by Gasteiger charge is -2.07. The third kappa shape index (κ3) is 5.19. The zero-order valence-corrected chi connectivity index (χ0v) is 7.91. The lowest BCUT2D eigenvalue weighted by molar-refractivity contribution is -0.144. The Kier molecular flexibility index (Phi) is 5.88. The predicted octanol–water partition coefficient (Wildman–Crippen LogP) is -0.170. The standard InChI is InChI=1S/C8H15NO4/c1-3-13-7(10)5-4-6(9)8(11)12-2/h6H,3-5,9H2,1-2H3/t6-/m1/s1. The van der Waals surface area contributed by atoms with Crippen LogP contribution in [0.25, 0.3) is 0 Å². The molecule has 0 bridgehead atoms. The Hall–Kier alpha value is -1.10. The van der Waals surface area contributed by atoms with Gasteiger partial charge < -0.3 is 15.2 Å². The van der Waals surface area contributed by atoms with E-state index in [0.717, 1.165) is 0 Å². The van der Waals surface area contributed by atoms with Gasteiger partial charge in [0.25, 0.3) is 0 Å². The van der Waals surface area contributed by atoms with Crippen molar-refractivity contribution in [3.8, 4) is 0 Å². The molecule has 0 aromatic rings. The van der Waals surface area contributed by atoms with E-state index in [2.05, 4.69) is 9.47 Å². The fraction of sp³-hybridized carbons (Fsp3) is 0.750. The molecule has 0 saturated carbocycles. The minimum absolute atomic E-state index is 0.143. The van der Waals surface area contributed by atoms with Crippen LogP contribution < -0.4 is 5.73 Å². The van der Waals surface area contributed by atoms with E-state index in [1.54, 1.807) is 6.92 Å². The molecule has 0 unspecified atom stereocenters. The summed E-state index contributed by atoms with van der Waals surface area (Å²) in [6.07, 6.45) is 0.398. The number of hydrogen-bond donors (Lipinski definition) is 1. The maximum absolute atomic E-state index is 10.8. The van der Waals surface area contributed by atoms with Crippen molar-refractivity contribution in [1.29, 1.82) is 0 Å². The molecule has 0 radical (unpaired) electrons. The summed E-state index contributed by atoms with van der Waals surface area (Å²) in [5, 5.41) is 0.